The third-order valence-electron chi connectivity index (χ3n) is 2.59. The molecule has 0 bridgehead atoms. The van der Waals surface area contributed by atoms with Crippen LogP contribution >= 0.6 is 15.9 Å². The molecule has 4 heteroatoms. The van der Waals surface area contributed by atoms with Crippen molar-refractivity contribution in [3.63, 3.8) is 0 Å². The lowest BCUT2D eigenvalue weighted by Gasteiger charge is -2.25. The highest BCUT2D eigenvalue weighted by atomic mass is 79.9. The summed E-state index contributed by atoms with van der Waals surface area (Å²) in [5.41, 5.74) is 0.264. The van der Waals surface area contributed by atoms with Crippen molar-refractivity contribution < 1.29 is 8.42 Å². The zero-order valence-corrected chi connectivity index (χ0v) is 11.5. The Labute approximate surface area is 95.5 Å². The summed E-state index contributed by atoms with van der Waals surface area (Å²) in [6.07, 6.45) is 1.86. The molecule has 0 aromatic heterocycles. The molecule has 0 aromatic rings. The van der Waals surface area contributed by atoms with Gasteiger partial charge in [0.05, 0.1) is 11.5 Å². The fraction of sp³-hybridized carbons (Fsp3) is 1.00. The molecule has 0 aromatic carbocycles. The van der Waals surface area contributed by atoms with Gasteiger partial charge in [-0.2, -0.15) is 0 Å². The van der Waals surface area contributed by atoms with Crippen LogP contribution in [0.4, 0.5) is 0 Å². The van der Waals surface area contributed by atoms with E-state index in [4.69, 9.17) is 0 Å². The van der Waals surface area contributed by atoms with Crippen molar-refractivity contribution in [3.05, 3.63) is 0 Å². The highest BCUT2D eigenvalue weighted by Gasteiger charge is 2.33. The zero-order chi connectivity index (χ0) is 11.0. The molecule has 1 saturated heterocycles. The maximum atomic E-state index is 11.3. The highest BCUT2D eigenvalue weighted by Crippen LogP contribution is 2.34. The van der Waals surface area contributed by atoms with Crippen LogP contribution in [0.5, 0.6) is 0 Å². The average Bonchev–Trinajstić information content (AvgIpc) is 2.26. The second kappa shape index (κ2) is 4.12. The van der Waals surface area contributed by atoms with Crippen molar-refractivity contribution in [1.82, 2.24) is 0 Å². The number of hydrogen-bond donors (Lipinski definition) is 0. The minimum absolute atomic E-state index is 0.264. The monoisotopic (exact) mass is 282 g/mol. The minimum Gasteiger partial charge on any atom is -0.229 e. The third-order valence-corrected chi connectivity index (χ3v) is 5.45. The number of hydrogen-bond acceptors (Lipinski definition) is 2. The molecule has 0 N–H and O–H groups in total. The van der Waals surface area contributed by atoms with Gasteiger partial charge in [-0.05, 0) is 24.2 Å². The molecular weight excluding hydrogens is 264 g/mol. The van der Waals surface area contributed by atoms with Crippen molar-refractivity contribution in [2.24, 2.45) is 11.3 Å². The fourth-order valence-corrected chi connectivity index (χ4v) is 5.41. The van der Waals surface area contributed by atoms with Crippen molar-refractivity contribution in [1.29, 1.82) is 0 Å². The van der Waals surface area contributed by atoms with Gasteiger partial charge in [0.25, 0.3) is 0 Å². The number of halogens is 1. The van der Waals surface area contributed by atoms with Crippen LogP contribution in [0.15, 0.2) is 0 Å². The summed E-state index contributed by atoms with van der Waals surface area (Å²) in [7, 11) is -2.73. The number of rotatable bonds is 2. The van der Waals surface area contributed by atoms with E-state index in [1.165, 1.54) is 0 Å². The van der Waals surface area contributed by atoms with Crippen LogP contribution in [0.1, 0.15) is 33.6 Å². The van der Waals surface area contributed by atoms with E-state index in [0.29, 0.717) is 22.3 Å². The molecule has 2 unspecified atom stereocenters. The summed E-state index contributed by atoms with van der Waals surface area (Å²) < 4.78 is 22.6. The van der Waals surface area contributed by atoms with Gasteiger partial charge in [0.2, 0.25) is 0 Å². The Kier molecular flexibility index (Phi) is 3.68. The van der Waals surface area contributed by atoms with Gasteiger partial charge in [-0.15, -0.1) is 0 Å². The summed E-state index contributed by atoms with van der Waals surface area (Å²) in [6, 6.07) is 0. The van der Waals surface area contributed by atoms with Crippen LogP contribution in [0, 0.1) is 11.3 Å². The van der Waals surface area contributed by atoms with Crippen LogP contribution < -0.4 is 0 Å². The first kappa shape index (κ1) is 12.5. The molecule has 1 aliphatic rings. The minimum atomic E-state index is -2.73. The van der Waals surface area contributed by atoms with Crippen LogP contribution in [0.25, 0.3) is 0 Å². The molecule has 84 valence electrons. The average molecular weight is 283 g/mol. The lowest BCUT2D eigenvalue weighted by molar-refractivity contribution is 0.344. The molecule has 1 heterocycles. The van der Waals surface area contributed by atoms with E-state index in [0.717, 1.165) is 12.8 Å². The Morgan fingerprint density at radius 3 is 2.36 bits per heavy atom. The first-order valence-corrected chi connectivity index (χ1v) is 7.78. The van der Waals surface area contributed by atoms with Crippen LogP contribution in [-0.2, 0) is 9.84 Å². The Balaban J connectivity index is 2.52. The number of alkyl halides is 1. The molecule has 0 radical (unpaired) electrons. The highest BCUT2D eigenvalue weighted by molar-refractivity contribution is 9.09. The molecule has 14 heavy (non-hydrogen) atoms. The molecule has 2 atom stereocenters. The Morgan fingerprint density at radius 1 is 1.43 bits per heavy atom. The van der Waals surface area contributed by atoms with Gasteiger partial charge in [-0.3, -0.25) is 0 Å². The Morgan fingerprint density at radius 2 is 2.00 bits per heavy atom. The predicted octanol–water partition coefficient (Wildman–Crippen LogP) is 2.62. The van der Waals surface area contributed by atoms with Crippen LogP contribution in [0.2, 0.25) is 0 Å². The van der Waals surface area contributed by atoms with Crippen LogP contribution in [0.3, 0.4) is 0 Å². The normalized spacial score (nSPS) is 29.0. The molecule has 0 amide bonds. The second-order valence-corrected chi connectivity index (χ2v) is 8.85. The topological polar surface area (TPSA) is 34.1 Å². The second-order valence-electron chi connectivity index (χ2n) is 5.44. The quantitative estimate of drug-likeness (QED) is 0.730. The van der Waals surface area contributed by atoms with Gasteiger partial charge in [0.1, 0.15) is 0 Å². The SMILES string of the molecule is CC(C)(C)CC(Br)C1CCS(=O)(=O)C1. The maximum Gasteiger partial charge on any atom is 0.150 e. The molecule has 1 fully saturated rings. The van der Waals surface area contributed by atoms with E-state index in [-0.39, 0.29) is 5.41 Å². The summed E-state index contributed by atoms with van der Waals surface area (Å²) in [6.45, 7) is 6.56. The first-order chi connectivity index (χ1) is 6.20. The van der Waals surface area contributed by atoms with Gasteiger partial charge in [-0.1, -0.05) is 36.7 Å². The summed E-state index contributed by atoms with van der Waals surface area (Å²) in [5.74, 6) is 1.07. The zero-order valence-electron chi connectivity index (χ0n) is 9.09. The van der Waals surface area contributed by atoms with Crippen LogP contribution in [-0.4, -0.2) is 24.8 Å². The smallest absolute Gasteiger partial charge is 0.150 e. The van der Waals surface area contributed by atoms with Gasteiger partial charge >= 0.3 is 0 Å². The lowest BCUT2D eigenvalue weighted by atomic mass is 9.86. The fourth-order valence-electron chi connectivity index (χ4n) is 1.86. The van der Waals surface area contributed by atoms with E-state index in [2.05, 4.69) is 36.7 Å². The van der Waals surface area contributed by atoms with Crippen molar-refractivity contribution >= 4 is 25.8 Å². The van der Waals surface area contributed by atoms with Crippen molar-refractivity contribution in [2.45, 2.75) is 38.4 Å². The van der Waals surface area contributed by atoms with Crippen molar-refractivity contribution in [3.8, 4) is 0 Å². The van der Waals surface area contributed by atoms with E-state index in [1.54, 1.807) is 0 Å². The number of sulfone groups is 1. The molecule has 0 saturated carbocycles. The standard InChI is InChI=1S/C10H19BrO2S/c1-10(2,3)6-9(11)8-4-5-14(12,13)7-8/h8-9H,4-7H2,1-3H3. The molecular formula is C10H19BrO2S. The lowest BCUT2D eigenvalue weighted by Crippen LogP contribution is -2.22. The van der Waals surface area contributed by atoms with Gasteiger partial charge in [-0.25, -0.2) is 8.42 Å². The largest absolute Gasteiger partial charge is 0.229 e. The Hall–Kier alpha value is 0.430. The molecule has 1 rings (SSSR count). The summed E-state index contributed by atoms with van der Waals surface area (Å²) in [4.78, 5) is 0.347. The van der Waals surface area contributed by atoms with E-state index in [1.807, 2.05) is 0 Å². The first-order valence-electron chi connectivity index (χ1n) is 5.04. The van der Waals surface area contributed by atoms with E-state index in [9.17, 15) is 8.42 Å². The van der Waals surface area contributed by atoms with Gasteiger partial charge < -0.3 is 0 Å². The maximum absolute atomic E-state index is 11.3. The Bertz CT molecular complexity index is 290. The molecule has 1 aliphatic heterocycles. The summed E-state index contributed by atoms with van der Waals surface area (Å²) >= 11 is 3.63. The van der Waals surface area contributed by atoms with Gasteiger partial charge in [0.15, 0.2) is 9.84 Å². The summed E-state index contributed by atoms with van der Waals surface area (Å²) in [5, 5.41) is 0. The van der Waals surface area contributed by atoms with Gasteiger partial charge in [0, 0.05) is 4.83 Å². The van der Waals surface area contributed by atoms with E-state index >= 15 is 0 Å². The molecule has 0 aliphatic carbocycles. The van der Waals surface area contributed by atoms with E-state index < -0.39 is 9.84 Å². The van der Waals surface area contributed by atoms with Crippen molar-refractivity contribution in [2.75, 3.05) is 11.5 Å². The molecule has 0 spiro atoms. The third kappa shape index (κ3) is 3.89. The molecule has 2 nitrogen and oxygen atoms in total. The predicted molar refractivity (Wildman–Crippen MR) is 63.5 cm³/mol.